The number of rotatable bonds is 5. The van der Waals surface area contributed by atoms with Gasteiger partial charge in [0.05, 0.1) is 7.11 Å². The maximum absolute atomic E-state index is 11.4. The Bertz CT molecular complexity index is 627. The van der Waals surface area contributed by atoms with Gasteiger partial charge in [0.1, 0.15) is 23.0 Å². The van der Waals surface area contributed by atoms with Gasteiger partial charge in [-0.2, -0.15) is 0 Å². The molecule has 108 valence electrons. The minimum absolute atomic E-state index is 0.355. The molecule has 0 aliphatic rings. The summed E-state index contributed by atoms with van der Waals surface area (Å²) < 4.78 is 15.9. The van der Waals surface area contributed by atoms with E-state index in [1.165, 1.54) is 0 Å². The lowest BCUT2D eigenvalue weighted by atomic mass is 10.3. The van der Waals surface area contributed by atoms with E-state index in [2.05, 4.69) is 6.58 Å². The summed E-state index contributed by atoms with van der Waals surface area (Å²) in [5.41, 5.74) is 0.355. The molecule has 2 aromatic rings. The zero-order valence-electron chi connectivity index (χ0n) is 12.0. The van der Waals surface area contributed by atoms with Crippen LogP contribution in [0.5, 0.6) is 23.0 Å². The van der Waals surface area contributed by atoms with Crippen molar-refractivity contribution in [1.29, 1.82) is 0 Å². The average Bonchev–Trinajstić information content (AvgIpc) is 2.50. The third-order valence-electron chi connectivity index (χ3n) is 2.68. The monoisotopic (exact) mass is 284 g/mol. The maximum atomic E-state index is 11.4. The molecule has 0 aromatic heterocycles. The molecule has 0 aliphatic heterocycles. The molecule has 21 heavy (non-hydrogen) atoms. The SMILES string of the molecule is C=C(C)C(=O)Oc1ccc(Oc2ccc(OC)cc2)cc1. The smallest absolute Gasteiger partial charge is 0.338 e. The summed E-state index contributed by atoms with van der Waals surface area (Å²) in [6.45, 7) is 5.13. The topological polar surface area (TPSA) is 44.8 Å². The van der Waals surface area contributed by atoms with Gasteiger partial charge in [0, 0.05) is 5.57 Å². The molecule has 4 heteroatoms. The van der Waals surface area contributed by atoms with Crippen molar-refractivity contribution in [2.45, 2.75) is 6.92 Å². The number of hydrogen-bond acceptors (Lipinski definition) is 4. The fraction of sp³-hybridized carbons (Fsp3) is 0.118. The van der Waals surface area contributed by atoms with E-state index in [-0.39, 0.29) is 0 Å². The average molecular weight is 284 g/mol. The quantitative estimate of drug-likeness (QED) is 0.473. The van der Waals surface area contributed by atoms with Gasteiger partial charge in [-0.25, -0.2) is 4.79 Å². The number of hydrogen-bond donors (Lipinski definition) is 0. The Morgan fingerprint density at radius 3 is 1.71 bits per heavy atom. The van der Waals surface area contributed by atoms with Gasteiger partial charge < -0.3 is 14.2 Å². The Morgan fingerprint density at radius 1 is 0.857 bits per heavy atom. The van der Waals surface area contributed by atoms with E-state index in [4.69, 9.17) is 14.2 Å². The van der Waals surface area contributed by atoms with Crippen LogP contribution in [0, 0.1) is 0 Å². The van der Waals surface area contributed by atoms with Crippen molar-refractivity contribution in [3.05, 3.63) is 60.7 Å². The molecule has 0 N–H and O–H groups in total. The van der Waals surface area contributed by atoms with Crippen LogP contribution in [0.15, 0.2) is 60.7 Å². The highest BCUT2D eigenvalue weighted by molar-refractivity contribution is 5.88. The van der Waals surface area contributed by atoms with Gasteiger partial charge in [-0.3, -0.25) is 0 Å². The minimum atomic E-state index is -0.446. The van der Waals surface area contributed by atoms with Crippen LogP contribution >= 0.6 is 0 Å². The predicted octanol–water partition coefficient (Wildman–Crippen LogP) is 3.97. The van der Waals surface area contributed by atoms with E-state index in [0.29, 0.717) is 22.8 Å². The highest BCUT2D eigenvalue weighted by atomic mass is 16.5. The molecule has 2 rings (SSSR count). The Labute approximate surface area is 123 Å². The fourth-order valence-electron chi connectivity index (χ4n) is 1.55. The molecule has 0 saturated carbocycles. The van der Waals surface area contributed by atoms with Crippen LogP contribution in [0.1, 0.15) is 6.92 Å². The summed E-state index contributed by atoms with van der Waals surface area (Å²) >= 11 is 0. The van der Waals surface area contributed by atoms with Gasteiger partial charge in [-0.15, -0.1) is 0 Å². The van der Waals surface area contributed by atoms with Crippen LogP contribution in [0.4, 0.5) is 0 Å². The summed E-state index contributed by atoms with van der Waals surface area (Å²) in [5.74, 6) is 2.12. The van der Waals surface area contributed by atoms with Crippen LogP contribution in [0.25, 0.3) is 0 Å². The standard InChI is InChI=1S/C17H16O4/c1-12(2)17(18)21-16-10-8-15(9-11-16)20-14-6-4-13(19-3)5-7-14/h4-11H,1H2,2-3H3. The van der Waals surface area contributed by atoms with E-state index in [9.17, 15) is 4.79 Å². The first kappa shape index (κ1) is 14.7. The van der Waals surface area contributed by atoms with Gasteiger partial charge in [-0.05, 0) is 55.5 Å². The summed E-state index contributed by atoms with van der Waals surface area (Å²) in [6, 6.07) is 14.0. The van der Waals surface area contributed by atoms with Gasteiger partial charge in [-0.1, -0.05) is 6.58 Å². The molecular weight excluding hydrogens is 268 g/mol. The number of benzene rings is 2. The molecule has 0 spiro atoms. The first-order valence-electron chi connectivity index (χ1n) is 6.38. The molecule has 0 aliphatic carbocycles. The van der Waals surface area contributed by atoms with Crippen molar-refractivity contribution in [2.24, 2.45) is 0 Å². The first-order chi connectivity index (χ1) is 10.1. The zero-order valence-corrected chi connectivity index (χ0v) is 12.0. The van der Waals surface area contributed by atoms with Crippen molar-refractivity contribution in [3.63, 3.8) is 0 Å². The molecular formula is C17H16O4. The summed E-state index contributed by atoms with van der Waals surface area (Å²) in [4.78, 5) is 11.4. The third-order valence-corrected chi connectivity index (χ3v) is 2.68. The molecule has 0 amide bonds. The van der Waals surface area contributed by atoms with Gasteiger partial charge in [0.2, 0.25) is 0 Å². The van der Waals surface area contributed by atoms with Crippen molar-refractivity contribution in [1.82, 2.24) is 0 Å². The van der Waals surface area contributed by atoms with Crippen LogP contribution in [-0.2, 0) is 4.79 Å². The van der Waals surface area contributed by atoms with Crippen LogP contribution in [-0.4, -0.2) is 13.1 Å². The predicted molar refractivity (Wildman–Crippen MR) is 80.0 cm³/mol. The molecule has 4 nitrogen and oxygen atoms in total. The van der Waals surface area contributed by atoms with E-state index < -0.39 is 5.97 Å². The summed E-state index contributed by atoms with van der Waals surface area (Å²) in [7, 11) is 1.61. The normalized spacial score (nSPS) is 9.81. The van der Waals surface area contributed by atoms with E-state index >= 15 is 0 Å². The summed E-state index contributed by atoms with van der Waals surface area (Å²) in [5, 5.41) is 0. The molecule has 2 aromatic carbocycles. The second-order valence-corrected chi connectivity index (χ2v) is 4.42. The van der Waals surface area contributed by atoms with Gasteiger partial charge in [0.15, 0.2) is 0 Å². The van der Waals surface area contributed by atoms with Crippen LogP contribution in [0.2, 0.25) is 0 Å². The molecule has 0 heterocycles. The largest absolute Gasteiger partial charge is 0.497 e. The first-order valence-corrected chi connectivity index (χ1v) is 6.38. The summed E-state index contributed by atoms with van der Waals surface area (Å²) in [6.07, 6.45) is 0. The number of carbonyl (C=O) groups is 1. The Balaban J connectivity index is 2.01. The van der Waals surface area contributed by atoms with Gasteiger partial charge >= 0.3 is 5.97 Å². The zero-order chi connectivity index (χ0) is 15.2. The number of esters is 1. The highest BCUT2D eigenvalue weighted by Crippen LogP contribution is 2.25. The van der Waals surface area contributed by atoms with Crippen LogP contribution < -0.4 is 14.2 Å². The molecule has 0 saturated heterocycles. The molecule has 0 bridgehead atoms. The van der Waals surface area contributed by atoms with E-state index in [0.717, 1.165) is 5.75 Å². The lowest BCUT2D eigenvalue weighted by molar-refractivity contribution is -0.130. The number of methoxy groups -OCH3 is 1. The Kier molecular flexibility index (Phi) is 4.61. The van der Waals surface area contributed by atoms with Crippen molar-refractivity contribution in [3.8, 4) is 23.0 Å². The van der Waals surface area contributed by atoms with Crippen molar-refractivity contribution < 1.29 is 19.0 Å². The molecule has 0 fully saturated rings. The van der Waals surface area contributed by atoms with Crippen LogP contribution in [0.3, 0.4) is 0 Å². The van der Waals surface area contributed by atoms with E-state index in [1.54, 1.807) is 38.3 Å². The van der Waals surface area contributed by atoms with Crippen molar-refractivity contribution >= 4 is 5.97 Å². The number of carbonyl (C=O) groups excluding carboxylic acids is 1. The Hall–Kier alpha value is -2.75. The third kappa shape index (κ3) is 4.11. The van der Waals surface area contributed by atoms with Gasteiger partial charge in [0.25, 0.3) is 0 Å². The Morgan fingerprint density at radius 2 is 1.29 bits per heavy atom. The van der Waals surface area contributed by atoms with E-state index in [1.807, 2.05) is 24.3 Å². The minimum Gasteiger partial charge on any atom is -0.497 e. The fourth-order valence-corrected chi connectivity index (χ4v) is 1.55. The second-order valence-electron chi connectivity index (χ2n) is 4.42. The molecule has 0 atom stereocenters. The van der Waals surface area contributed by atoms with Crippen molar-refractivity contribution in [2.75, 3.05) is 7.11 Å². The number of ether oxygens (including phenoxy) is 3. The second kappa shape index (κ2) is 6.61. The lowest BCUT2D eigenvalue weighted by Crippen LogP contribution is -2.07. The molecule has 0 radical (unpaired) electrons. The highest BCUT2D eigenvalue weighted by Gasteiger charge is 2.05. The molecule has 0 unspecified atom stereocenters. The lowest BCUT2D eigenvalue weighted by Gasteiger charge is -2.08. The maximum Gasteiger partial charge on any atom is 0.338 e.